The number of ether oxygens (including phenoxy) is 2. The van der Waals surface area contributed by atoms with Crippen molar-refractivity contribution in [2.45, 2.75) is 0 Å². The predicted molar refractivity (Wildman–Crippen MR) is 113 cm³/mol. The van der Waals surface area contributed by atoms with E-state index in [0.717, 1.165) is 22.1 Å². The zero-order valence-corrected chi connectivity index (χ0v) is 17.7. The lowest BCUT2D eigenvalue weighted by Gasteiger charge is -2.24. The number of hydrogen-bond acceptors (Lipinski definition) is 5. The molecular formula is C14H16O3P2S4. The highest BCUT2D eigenvalue weighted by Crippen LogP contribution is 2.67. The van der Waals surface area contributed by atoms with Crippen LogP contribution in [0.4, 0.5) is 0 Å². The van der Waals surface area contributed by atoms with E-state index in [-0.39, 0.29) is 0 Å². The number of thiol groups is 2. The van der Waals surface area contributed by atoms with E-state index in [2.05, 4.69) is 24.5 Å². The molecule has 3 nitrogen and oxygen atoms in total. The Morgan fingerprint density at radius 3 is 1.26 bits per heavy atom. The number of hydrogen-bond donors (Lipinski definition) is 2. The van der Waals surface area contributed by atoms with Crippen LogP contribution in [0.2, 0.25) is 0 Å². The van der Waals surface area contributed by atoms with Gasteiger partial charge in [-0.2, -0.15) is 0 Å². The molecule has 0 aliphatic heterocycles. The lowest BCUT2D eigenvalue weighted by atomic mass is 10.3. The zero-order chi connectivity index (χ0) is 17.1. The SMILES string of the molecule is COc1ccc(P(=S)(S)OP(=S)(S)c2ccc(OC)cc2)cc1. The van der Waals surface area contributed by atoms with E-state index >= 15 is 0 Å². The number of methoxy groups -OCH3 is 2. The molecule has 0 saturated heterocycles. The molecule has 0 aliphatic rings. The van der Waals surface area contributed by atoms with Gasteiger partial charge in [0.25, 0.3) is 0 Å². The third-order valence-electron chi connectivity index (χ3n) is 3.02. The third kappa shape index (κ3) is 4.99. The second-order valence-electron chi connectivity index (χ2n) is 4.52. The largest absolute Gasteiger partial charge is 0.497 e. The van der Waals surface area contributed by atoms with Crippen LogP contribution in [-0.4, -0.2) is 14.2 Å². The van der Waals surface area contributed by atoms with Crippen molar-refractivity contribution in [3.63, 3.8) is 0 Å². The molecule has 0 amide bonds. The van der Waals surface area contributed by atoms with Crippen LogP contribution in [-0.2, 0) is 27.9 Å². The van der Waals surface area contributed by atoms with Gasteiger partial charge in [0, 0.05) is 10.6 Å². The molecule has 0 heterocycles. The summed E-state index contributed by atoms with van der Waals surface area (Å²) in [6, 6.07) is 14.7. The van der Waals surface area contributed by atoms with E-state index in [1.165, 1.54) is 0 Å². The molecule has 9 heteroatoms. The molecule has 0 saturated carbocycles. The van der Waals surface area contributed by atoms with Crippen molar-refractivity contribution in [3.05, 3.63) is 48.5 Å². The first-order valence-electron chi connectivity index (χ1n) is 6.44. The van der Waals surface area contributed by atoms with Gasteiger partial charge in [-0.1, -0.05) is 23.6 Å². The second kappa shape index (κ2) is 7.92. The van der Waals surface area contributed by atoms with Crippen LogP contribution in [0.3, 0.4) is 0 Å². The fourth-order valence-electron chi connectivity index (χ4n) is 1.79. The summed E-state index contributed by atoms with van der Waals surface area (Å²) in [4.78, 5) is 0. The van der Waals surface area contributed by atoms with Gasteiger partial charge in [-0.25, -0.2) is 0 Å². The first-order chi connectivity index (χ1) is 10.8. The van der Waals surface area contributed by atoms with E-state index in [1.54, 1.807) is 14.2 Å². The third-order valence-corrected chi connectivity index (χ3v) is 11.9. The molecule has 0 fully saturated rings. The molecule has 2 rings (SSSR count). The van der Waals surface area contributed by atoms with Gasteiger partial charge in [-0.15, -0.1) is 24.5 Å². The summed E-state index contributed by atoms with van der Waals surface area (Å²) in [5.41, 5.74) is -5.14. The standard InChI is InChI=1S/C14H16O3P2S4/c1-15-11-3-7-13(8-4-11)18(20,21)17-19(22,23)14-9-5-12(16-2)6-10-14/h3-10H,1-2H3,(H,20,21)(H,22,23). The van der Waals surface area contributed by atoms with Crippen molar-refractivity contribution in [1.82, 2.24) is 0 Å². The monoisotopic (exact) mass is 422 g/mol. The number of benzene rings is 2. The summed E-state index contributed by atoms with van der Waals surface area (Å²) < 4.78 is 16.3. The van der Waals surface area contributed by atoms with Crippen LogP contribution < -0.4 is 20.1 Å². The first kappa shape index (κ1) is 19.3. The summed E-state index contributed by atoms with van der Waals surface area (Å²) >= 11 is 20.3. The highest BCUT2D eigenvalue weighted by molar-refractivity contribution is 8.70. The Bertz CT molecular complexity index is 697. The van der Waals surface area contributed by atoms with E-state index in [9.17, 15) is 0 Å². The minimum atomic E-state index is -2.57. The van der Waals surface area contributed by atoms with E-state index < -0.39 is 10.9 Å². The van der Waals surface area contributed by atoms with Crippen molar-refractivity contribution in [1.29, 1.82) is 0 Å². The summed E-state index contributed by atoms with van der Waals surface area (Å²) in [5, 5.41) is 1.63. The lowest BCUT2D eigenvalue weighted by molar-refractivity contribution is 0.415. The fraction of sp³-hybridized carbons (Fsp3) is 0.143. The average molecular weight is 422 g/mol. The van der Waals surface area contributed by atoms with Gasteiger partial charge in [0.05, 0.1) is 14.2 Å². The van der Waals surface area contributed by atoms with Gasteiger partial charge in [0.1, 0.15) is 11.5 Å². The number of rotatable bonds is 6. The Balaban J connectivity index is 2.25. The average Bonchev–Trinajstić information content (AvgIpc) is 2.54. The molecule has 2 atom stereocenters. The van der Waals surface area contributed by atoms with Crippen molar-refractivity contribution in [2.24, 2.45) is 0 Å². The molecule has 0 bridgehead atoms. The maximum Gasteiger partial charge on any atom is 0.151 e. The van der Waals surface area contributed by atoms with Crippen LogP contribution in [0, 0.1) is 0 Å². The Morgan fingerprint density at radius 2 is 1.00 bits per heavy atom. The Kier molecular flexibility index (Phi) is 6.66. The lowest BCUT2D eigenvalue weighted by Crippen LogP contribution is -2.06. The van der Waals surface area contributed by atoms with Crippen molar-refractivity contribution < 1.29 is 13.8 Å². The highest BCUT2D eigenvalue weighted by Gasteiger charge is 2.26. The highest BCUT2D eigenvalue weighted by atomic mass is 32.9. The molecule has 0 aromatic heterocycles. The molecule has 2 unspecified atom stereocenters. The normalized spacial score (nSPS) is 16.2. The summed E-state index contributed by atoms with van der Waals surface area (Å²) in [6.07, 6.45) is 0. The minimum Gasteiger partial charge on any atom is -0.497 e. The molecular weight excluding hydrogens is 406 g/mol. The molecule has 124 valence electrons. The molecule has 0 aliphatic carbocycles. The Morgan fingerprint density at radius 1 is 0.696 bits per heavy atom. The van der Waals surface area contributed by atoms with Gasteiger partial charge in [0.15, 0.2) is 10.9 Å². The molecule has 0 N–H and O–H groups in total. The quantitative estimate of drug-likeness (QED) is 0.539. The Labute approximate surface area is 157 Å². The van der Waals surface area contributed by atoms with Crippen LogP contribution in [0.25, 0.3) is 0 Å². The van der Waals surface area contributed by atoms with E-state index in [4.69, 9.17) is 37.4 Å². The van der Waals surface area contributed by atoms with E-state index in [1.807, 2.05) is 48.5 Å². The molecule has 2 aromatic rings. The maximum absolute atomic E-state index is 6.04. The van der Waals surface area contributed by atoms with Gasteiger partial charge < -0.3 is 9.47 Å². The van der Waals surface area contributed by atoms with E-state index in [0.29, 0.717) is 0 Å². The fourth-order valence-corrected chi connectivity index (χ4v) is 11.9. The maximum atomic E-state index is 6.04. The van der Waals surface area contributed by atoms with Crippen molar-refractivity contribution in [2.75, 3.05) is 14.2 Å². The van der Waals surface area contributed by atoms with Crippen molar-refractivity contribution >= 4 is 69.7 Å². The van der Waals surface area contributed by atoms with Crippen LogP contribution in [0.15, 0.2) is 48.5 Å². The van der Waals surface area contributed by atoms with Gasteiger partial charge in [-0.05, 0) is 48.5 Å². The van der Waals surface area contributed by atoms with Gasteiger partial charge in [0.2, 0.25) is 0 Å². The smallest absolute Gasteiger partial charge is 0.151 e. The van der Waals surface area contributed by atoms with Crippen LogP contribution >= 0.6 is 35.4 Å². The van der Waals surface area contributed by atoms with Crippen LogP contribution in [0.1, 0.15) is 0 Å². The first-order valence-corrected chi connectivity index (χ1v) is 14.2. The van der Waals surface area contributed by atoms with Gasteiger partial charge >= 0.3 is 0 Å². The second-order valence-corrected chi connectivity index (χ2v) is 16.4. The summed E-state index contributed by atoms with van der Waals surface area (Å²) in [6.45, 7) is 0. The Hall–Kier alpha value is -0.000000000000000222. The minimum absolute atomic E-state index is 0.748. The summed E-state index contributed by atoms with van der Waals surface area (Å²) in [7, 11) is 3.22. The van der Waals surface area contributed by atoms with Crippen molar-refractivity contribution in [3.8, 4) is 11.5 Å². The molecule has 0 spiro atoms. The summed E-state index contributed by atoms with van der Waals surface area (Å²) in [5.74, 6) is 1.50. The molecule has 0 radical (unpaired) electrons. The van der Waals surface area contributed by atoms with Crippen LogP contribution in [0.5, 0.6) is 11.5 Å². The van der Waals surface area contributed by atoms with Gasteiger partial charge in [-0.3, -0.25) is 4.31 Å². The predicted octanol–water partition coefficient (Wildman–Crippen LogP) is 4.15. The molecule has 23 heavy (non-hydrogen) atoms. The molecule has 2 aromatic carbocycles. The zero-order valence-electron chi connectivity index (χ0n) is 12.4. The topological polar surface area (TPSA) is 27.7 Å².